The van der Waals surface area contributed by atoms with Crippen molar-refractivity contribution in [3.8, 4) is 6.07 Å². The molecule has 0 fully saturated rings. The van der Waals surface area contributed by atoms with E-state index < -0.39 is 10.0 Å². The molecule has 0 atom stereocenters. The summed E-state index contributed by atoms with van der Waals surface area (Å²) in [6.07, 6.45) is 1.88. The highest BCUT2D eigenvalue weighted by molar-refractivity contribution is 7.92. The zero-order chi connectivity index (χ0) is 25.6. The lowest BCUT2D eigenvalue weighted by Gasteiger charge is -2.24. The second-order valence-electron chi connectivity index (χ2n) is 8.53. The van der Waals surface area contributed by atoms with Crippen LogP contribution in [0.3, 0.4) is 0 Å². The number of likely N-dealkylation sites (N-methyl/N-ethyl adjacent to an activating group) is 1. The standard InChI is InChI=1S/C25H31N5O4S/c1-5-34-25(31)12-13-29-23-11-10-21(30(35(4,32)33)15-14-28(2)3)17-22(23)27-24(29)16-19-6-8-20(18-26)9-7-19/h6-11,17H,5,12-16H2,1-4H3. The molecule has 0 spiro atoms. The molecule has 0 unspecified atom stereocenters. The summed E-state index contributed by atoms with van der Waals surface area (Å²) >= 11 is 0. The number of imidazole rings is 1. The number of aromatic nitrogens is 2. The van der Waals surface area contributed by atoms with E-state index in [1.165, 1.54) is 10.6 Å². The molecule has 0 saturated heterocycles. The summed E-state index contributed by atoms with van der Waals surface area (Å²) in [7, 11) is 0.302. The van der Waals surface area contributed by atoms with Crippen molar-refractivity contribution in [2.75, 3.05) is 44.4 Å². The van der Waals surface area contributed by atoms with Crippen molar-refractivity contribution in [1.82, 2.24) is 14.5 Å². The van der Waals surface area contributed by atoms with E-state index in [9.17, 15) is 13.2 Å². The largest absolute Gasteiger partial charge is 0.466 e. The van der Waals surface area contributed by atoms with Gasteiger partial charge >= 0.3 is 5.97 Å². The van der Waals surface area contributed by atoms with Gasteiger partial charge in [0, 0.05) is 26.1 Å². The molecule has 35 heavy (non-hydrogen) atoms. The number of benzene rings is 2. The number of nitrogens with zero attached hydrogens (tertiary/aromatic N) is 5. The van der Waals surface area contributed by atoms with Crippen LogP contribution in [0.4, 0.5) is 5.69 Å². The molecule has 3 rings (SSSR count). The van der Waals surface area contributed by atoms with Crippen LogP contribution in [0.15, 0.2) is 42.5 Å². The Labute approximate surface area is 206 Å². The van der Waals surface area contributed by atoms with Crippen LogP contribution in [0.2, 0.25) is 0 Å². The molecule has 186 valence electrons. The number of nitriles is 1. The second kappa shape index (κ2) is 11.3. The summed E-state index contributed by atoms with van der Waals surface area (Å²) < 4.78 is 33.4. The highest BCUT2D eigenvalue weighted by atomic mass is 32.2. The van der Waals surface area contributed by atoms with Crippen molar-refractivity contribution < 1.29 is 17.9 Å². The van der Waals surface area contributed by atoms with Gasteiger partial charge < -0.3 is 14.2 Å². The van der Waals surface area contributed by atoms with Crippen LogP contribution >= 0.6 is 0 Å². The second-order valence-corrected chi connectivity index (χ2v) is 10.4. The number of carbonyl (C=O) groups is 1. The van der Waals surface area contributed by atoms with Crippen LogP contribution in [0, 0.1) is 11.3 Å². The molecule has 3 aromatic rings. The molecular formula is C25H31N5O4S. The molecule has 0 radical (unpaired) electrons. The summed E-state index contributed by atoms with van der Waals surface area (Å²) in [4.78, 5) is 18.8. The normalized spacial score (nSPS) is 11.5. The quantitative estimate of drug-likeness (QED) is 0.375. The molecule has 0 saturated carbocycles. The Morgan fingerprint density at radius 3 is 2.46 bits per heavy atom. The van der Waals surface area contributed by atoms with Crippen molar-refractivity contribution in [3.05, 3.63) is 59.4 Å². The minimum Gasteiger partial charge on any atom is -0.466 e. The first kappa shape index (κ1) is 26.2. The summed E-state index contributed by atoms with van der Waals surface area (Å²) in [5.74, 6) is 0.451. The number of aryl methyl sites for hydroxylation is 1. The monoisotopic (exact) mass is 497 g/mol. The van der Waals surface area contributed by atoms with Crippen LogP contribution < -0.4 is 4.31 Å². The lowest BCUT2D eigenvalue weighted by atomic mass is 10.1. The number of rotatable bonds is 11. The van der Waals surface area contributed by atoms with Crippen LogP contribution in [-0.2, 0) is 32.5 Å². The van der Waals surface area contributed by atoms with Gasteiger partial charge in [-0.3, -0.25) is 9.10 Å². The average Bonchev–Trinajstić information content (AvgIpc) is 3.13. The van der Waals surface area contributed by atoms with Gasteiger partial charge in [0.15, 0.2) is 0 Å². The van der Waals surface area contributed by atoms with Crippen LogP contribution in [-0.4, -0.2) is 68.9 Å². The molecule has 0 N–H and O–H groups in total. The van der Waals surface area contributed by atoms with Gasteiger partial charge in [-0.2, -0.15) is 5.26 Å². The number of anilines is 1. The number of ether oxygens (including phenoxy) is 1. The van der Waals surface area contributed by atoms with E-state index in [4.69, 9.17) is 15.0 Å². The fraction of sp³-hybridized carbons (Fsp3) is 0.400. The van der Waals surface area contributed by atoms with E-state index in [0.29, 0.717) is 49.4 Å². The van der Waals surface area contributed by atoms with E-state index in [1.54, 1.807) is 31.2 Å². The first-order valence-electron chi connectivity index (χ1n) is 11.4. The first-order valence-corrected chi connectivity index (χ1v) is 13.2. The first-order chi connectivity index (χ1) is 16.6. The van der Waals surface area contributed by atoms with E-state index in [0.717, 1.165) is 16.9 Å². The topological polar surface area (TPSA) is 109 Å². The third kappa shape index (κ3) is 6.81. The van der Waals surface area contributed by atoms with E-state index >= 15 is 0 Å². The van der Waals surface area contributed by atoms with E-state index in [1.807, 2.05) is 41.8 Å². The highest BCUT2D eigenvalue weighted by Crippen LogP contribution is 2.26. The molecule has 0 bridgehead atoms. The number of hydrogen-bond acceptors (Lipinski definition) is 7. The molecule has 0 amide bonds. The predicted octanol–water partition coefficient (Wildman–Crippen LogP) is 2.78. The van der Waals surface area contributed by atoms with Crippen molar-refractivity contribution in [2.24, 2.45) is 0 Å². The van der Waals surface area contributed by atoms with Crippen LogP contribution in [0.25, 0.3) is 11.0 Å². The zero-order valence-corrected chi connectivity index (χ0v) is 21.4. The van der Waals surface area contributed by atoms with Gasteiger partial charge in [0.25, 0.3) is 0 Å². The third-order valence-electron chi connectivity index (χ3n) is 5.54. The predicted molar refractivity (Wildman–Crippen MR) is 136 cm³/mol. The number of esters is 1. The molecule has 9 nitrogen and oxygen atoms in total. The van der Waals surface area contributed by atoms with Gasteiger partial charge in [-0.15, -0.1) is 0 Å². The fourth-order valence-corrected chi connectivity index (χ4v) is 4.71. The number of sulfonamides is 1. The van der Waals surface area contributed by atoms with Gasteiger partial charge in [0.2, 0.25) is 10.0 Å². The lowest BCUT2D eigenvalue weighted by molar-refractivity contribution is -0.143. The molecule has 0 aliphatic rings. The number of hydrogen-bond donors (Lipinski definition) is 0. The summed E-state index contributed by atoms with van der Waals surface area (Å²) in [5, 5.41) is 9.06. The number of carbonyl (C=O) groups excluding carboxylic acids is 1. The molecule has 0 aliphatic heterocycles. The van der Waals surface area contributed by atoms with E-state index in [-0.39, 0.29) is 12.4 Å². The van der Waals surface area contributed by atoms with Crippen molar-refractivity contribution in [1.29, 1.82) is 5.26 Å². The van der Waals surface area contributed by atoms with Crippen molar-refractivity contribution in [2.45, 2.75) is 26.3 Å². The summed E-state index contributed by atoms with van der Waals surface area (Å²) in [5.41, 5.74) is 3.55. The maximum Gasteiger partial charge on any atom is 0.307 e. The van der Waals surface area contributed by atoms with Gasteiger partial charge in [-0.25, -0.2) is 13.4 Å². The highest BCUT2D eigenvalue weighted by Gasteiger charge is 2.20. The van der Waals surface area contributed by atoms with Crippen molar-refractivity contribution >= 4 is 32.7 Å². The SMILES string of the molecule is CCOC(=O)CCn1c(Cc2ccc(C#N)cc2)nc2cc(N(CCN(C)C)S(C)(=O)=O)ccc21. The van der Waals surface area contributed by atoms with Crippen LogP contribution in [0.1, 0.15) is 30.3 Å². The lowest BCUT2D eigenvalue weighted by Crippen LogP contribution is -2.36. The Bertz CT molecular complexity index is 1320. The van der Waals surface area contributed by atoms with E-state index in [2.05, 4.69) is 6.07 Å². The number of fused-ring (bicyclic) bond motifs is 1. The van der Waals surface area contributed by atoms with Crippen LogP contribution in [0.5, 0.6) is 0 Å². The fourth-order valence-electron chi connectivity index (χ4n) is 3.80. The Kier molecular flexibility index (Phi) is 8.48. The van der Waals surface area contributed by atoms with Gasteiger partial charge in [0.05, 0.1) is 47.6 Å². The summed E-state index contributed by atoms with van der Waals surface area (Å²) in [6.45, 7) is 3.37. The Morgan fingerprint density at radius 1 is 1.14 bits per heavy atom. The smallest absolute Gasteiger partial charge is 0.307 e. The molecule has 10 heteroatoms. The molecule has 2 aromatic carbocycles. The molecule has 0 aliphatic carbocycles. The Balaban J connectivity index is 2.01. The molecular weight excluding hydrogens is 466 g/mol. The minimum absolute atomic E-state index is 0.194. The minimum atomic E-state index is -3.48. The average molecular weight is 498 g/mol. The maximum absolute atomic E-state index is 12.5. The molecule has 1 aromatic heterocycles. The Hall–Kier alpha value is -3.42. The molecule has 1 heterocycles. The zero-order valence-electron chi connectivity index (χ0n) is 20.6. The van der Waals surface area contributed by atoms with Gasteiger partial charge in [0.1, 0.15) is 5.82 Å². The van der Waals surface area contributed by atoms with Crippen molar-refractivity contribution in [3.63, 3.8) is 0 Å². The Morgan fingerprint density at radius 2 is 1.86 bits per heavy atom. The van der Waals surface area contributed by atoms with Gasteiger partial charge in [-0.1, -0.05) is 12.1 Å². The maximum atomic E-state index is 12.5. The summed E-state index contributed by atoms with van der Waals surface area (Å²) in [6, 6.07) is 14.8. The third-order valence-corrected chi connectivity index (χ3v) is 6.73. The van der Waals surface area contributed by atoms with Gasteiger partial charge in [-0.05, 0) is 56.9 Å².